The van der Waals surface area contributed by atoms with Gasteiger partial charge in [-0.1, -0.05) is 0 Å². The van der Waals surface area contributed by atoms with E-state index in [0.717, 1.165) is 31.9 Å². The minimum Gasteiger partial charge on any atom is -0.447 e. The van der Waals surface area contributed by atoms with Crippen molar-refractivity contribution < 1.29 is 9.15 Å². The van der Waals surface area contributed by atoms with Crippen LogP contribution in [-0.4, -0.2) is 24.2 Å². The van der Waals surface area contributed by atoms with E-state index >= 15 is 0 Å². The number of oxazole rings is 1. The van der Waals surface area contributed by atoms with Gasteiger partial charge in [0.2, 0.25) is 0 Å². The van der Waals surface area contributed by atoms with Gasteiger partial charge in [0.05, 0.1) is 19.3 Å². The van der Waals surface area contributed by atoms with E-state index in [1.807, 2.05) is 0 Å². The second kappa shape index (κ2) is 4.57. The predicted molar refractivity (Wildman–Crippen MR) is 51.7 cm³/mol. The average molecular weight is 196 g/mol. The highest BCUT2D eigenvalue weighted by Crippen LogP contribution is 2.16. The first-order valence-corrected chi connectivity index (χ1v) is 5.05. The van der Waals surface area contributed by atoms with E-state index < -0.39 is 0 Å². The van der Waals surface area contributed by atoms with Gasteiger partial charge in [0.15, 0.2) is 6.39 Å². The van der Waals surface area contributed by atoms with Gasteiger partial charge in [0, 0.05) is 12.6 Å². The minimum atomic E-state index is 0.475. The standard InChI is InChI=1S/C10H16N2O2/c1-8(9-2-3-13-6-9)12-5-10-4-11-7-14-10/h4,7-9,12H,2-3,5-6H2,1H3. The van der Waals surface area contributed by atoms with Crippen LogP contribution in [0.15, 0.2) is 17.0 Å². The number of ether oxygens (including phenoxy) is 1. The van der Waals surface area contributed by atoms with E-state index in [2.05, 4.69) is 17.2 Å². The molecule has 4 nitrogen and oxygen atoms in total. The third-order valence-corrected chi connectivity index (χ3v) is 2.75. The van der Waals surface area contributed by atoms with E-state index in [-0.39, 0.29) is 0 Å². The summed E-state index contributed by atoms with van der Waals surface area (Å²) in [4.78, 5) is 3.87. The van der Waals surface area contributed by atoms with E-state index in [4.69, 9.17) is 9.15 Å². The lowest BCUT2D eigenvalue weighted by Gasteiger charge is -2.18. The van der Waals surface area contributed by atoms with Gasteiger partial charge in [-0.25, -0.2) is 4.98 Å². The maximum absolute atomic E-state index is 5.34. The van der Waals surface area contributed by atoms with E-state index in [1.165, 1.54) is 6.39 Å². The SMILES string of the molecule is CC(NCc1cnco1)C1CCOC1. The van der Waals surface area contributed by atoms with Crippen LogP contribution in [0.1, 0.15) is 19.1 Å². The van der Waals surface area contributed by atoms with Crippen LogP contribution < -0.4 is 5.32 Å². The van der Waals surface area contributed by atoms with Crippen LogP contribution in [0.4, 0.5) is 0 Å². The molecule has 4 heteroatoms. The molecule has 0 radical (unpaired) electrons. The first kappa shape index (κ1) is 9.68. The monoisotopic (exact) mass is 196 g/mol. The third-order valence-electron chi connectivity index (χ3n) is 2.75. The van der Waals surface area contributed by atoms with Crippen LogP contribution in [0.3, 0.4) is 0 Å². The quantitative estimate of drug-likeness (QED) is 0.785. The average Bonchev–Trinajstić information content (AvgIpc) is 2.87. The molecule has 0 saturated carbocycles. The second-order valence-corrected chi connectivity index (χ2v) is 3.76. The predicted octanol–water partition coefficient (Wildman–Crippen LogP) is 1.19. The zero-order chi connectivity index (χ0) is 9.80. The molecule has 2 heterocycles. The molecule has 0 aromatic carbocycles. The Bertz CT molecular complexity index is 255. The maximum atomic E-state index is 5.34. The Balaban J connectivity index is 1.74. The molecule has 2 atom stereocenters. The number of nitrogens with zero attached hydrogens (tertiary/aromatic N) is 1. The largest absolute Gasteiger partial charge is 0.447 e. The Kier molecular flexibility index (Phi) is 3.16. The summed E-state index contributed by atoms with van der Waals surface area (Å²) in [5, 5.41) is 3.41. The maximum Gasteiger partial charge on any atom is 0.180 e. The molecule has 0 aliphatic carbocycles. The van der Waals surface area contributed by atoms with Gasteiger partial charge < -0.3 is 14.5 Å². The van der Waals surface area contributed by atoms with E-state index in [0.29, 0.717) is 12.0 Å². The zero-order valence-corrected chi connectivity index (χ0v) is 8.40. The van der Waals surface area contributed by atoms with Crippen molar-refractivity contribution in [2.75, 3.05) is 13.2 Å². The summed E-state index contributed by atoms with van der Waals surface area (Å²) in [6, 6.07) is 0.475. The number of rotatable bonds is 4. The molecule has 1 fully saturated rings. The molecule has 0 bridgehead atoms. The van der Waals surface area contributed by atoms with Crippen molar-refractivity contribution in [1.29, 1.82) is 0 Å². The van der Waals surface area contributed by atoms with Crippen LogP contribution in [0.25, 0.3) is 0 Å². The highest BCUT2D eigenvalue weighted by molar-refractivity contribution is 4.88. The molecule has 0 spiro atoms. The molecular weight excluding hydrogens is 180 g/mol. The van der Waals surface area contributed by atoms with Gasteiger partial charge in [-0.05, 0) is 19.3 Å². The van der Waals surface area contributed by atoms with Crippen molar-refractivity contribution in [1.82, 2.24) is 10.3 Å². The molecule has 1 aliphatic heterocycles. The van der Waals surface area contributed by atoms with Gasteiger partial charge in [0.1, 0.15) is 5.76 Å². The summed E-state index contributed by atoms with van der Waals surface area (Å²) in [6.45, 7) is 4.72. The fraction of sp³-hybridized carbons (Fsp3) is 0.700. The summed E-state index contributed by atoms with van der Waals surface area (Å²) in [7, 11) is 0. The summed E-state index contributed by atoms with van der Waals surface area (Å²) in [5.41, 5.74) is 0. The first-order chi connectivity index (χ1) is 6.86. The van der Waals surface area contributed by atoms with Crippen LogP contribution in [0.5, 0.6) is 0 Å². The number of nitrogens with one attached hydrogen (secondary N) is 1. The molecule has 1 saturated heterocycles. The van der Waals surface area contributed by atoms with E-state index in [9.17, 15) is 0 Å². The third kappa shape index (κ3) is 2.33. The minimum absolute atomic E-state index is 0.475. The Morgan fingerprint density at radius 3 is 3.29 bits per heavy atom. The van der Waals surface area contributed by atoms with Crippen molar-refractivity contribution in [3.8, 4) is 0 Å². The van der Waals surface area contributed by atoms with Crippen molar-refractivity contribution in [3.05, 3.63) is 18.4 Å². The molecule has 1 aliphatic rings. The van der Waals surface area contributed by atoms with Crippen molar-refractivity contribution in [2.24, 2.45) is 5.92 Å². The fourth-order valence-electron chi connectivity index (χ4n) is 1.70. The Hall–Kier alpha value is -0.870. The summed E-state index contributed by atoms with van der Waals surface area (Å²) in [6.07, 6.45) is 4.36. The number of hydrogen-bond acceptors (Lipinski definition) is 4. The summed E-state index contributed by atoms with van der Waals surface area (Å²) in [5.74, 6) is 1.52. The highest BCUT2D eigenvalue weighted by atomic mass is 16.5. The van der Waals surface area contributed by atoms with Crippen LogP contribution >= 0.6 is 0 Å². The van der Waals surface area contributed by atoms with Crippen LogP contribution in [0.2, 0.25) is 0 Å². The Labute approximate surface area is 83.7 Å². The number of hydrogen-bond donors (Lipinski definition) is 1. The van der Waals surface area contributed by atoms with Crippen LogP contribution in [-0.2, 0) is 11.3 Å². The highest BCUT2D eigenvalue weighted by Gasteiger charge is 2.21. The number of aromatic nitrogens is 1. The molecule has 2 rings (SSSR count). The van der Waals surface area contributed by atoms with Gasteiger partial charge in [-0.2, -0.15) is 0 Å². The summed E-state index contributed by atoms with van der Waals surface area (Å²) < 4.78 is 10.5. The molecule has 1 aromatic heterocycles. The van der Waals surface area contributed by atoms with Crippen LogP contribution in [0, 0.1) is 5.92 Å². The van der Waals surface area contributed by atoms with Crippen molar-refractivity contribution in [3.63, 3.8) is 0 Å². The summed E-state index contributed by atoms with van der Waals surface area (Å²) >= 11 is 0. The van der Waals surface area contributed by atoms with E-state index in [1.54, 1.807) is 6.20 Å². The Morgan fingerprint density at radius 1 is 1.71 bits per heavy atom. The molecule has 78 valence electrons. The first-order valence-electron chi connectivity index (χ1n) is 5.05. The van der Waals surface area contributed by atoms with Gasteiger partial charge in [-0.15, -0.1) is 0 Å². The topological polar surface area (TPSA) is 47.3 Å². The van der Waals surface area contributed by atoms with Crippen molar-refractivity contribution in [2.45, 2.75) is 25.9 Å². The fourth-order valence-corrected chi connectivity index (χ4v) is 1.70. The van der Waals surface area contributed by atoms with Gasteiger partial charge in [-0.3, -0.25) is 0 Å². The lowest BCUT2D eigenvalue weighted by Crippen LogP contribution is -2.33. The van der Waals surface area contributed by atoms with Gasteiger partial charge >= 0.3 is 0 Å². The normalized spacial score (nSPS) is 23.9. The molecule has 1 aromatic rings. The lowest BCUT2D eigenvalue weighted by molar-refractivity contribution is 0.178. The Morgan fingerprint density at radius 2 is 2.64 bits per heavy atom. The smallest absolute Gasteiger partial charge is 0.180 e. The molecule has 2 unspecified atom stereocenters. The molecule has 0 amide bonds. The van der Waals surface area contributed by atoms with Gasteiger partial charge in [0.25, 0.3) is 0 Å². The second-order valence-electron chi connectivity index (χ2n) is 3.76. The molecular formula is C10H16N2O2. The lowest BCUT2D eigenvalue weighted by atomic mass is 10.0. The van der Waals surface area contributed by atoms with Crippen molar-refractivity contribution >= 4 is 0 Å². The zero-order valence-electron chi connectivity index (χ0n) is 8.40. The molecule has 1 N–H and O–H groups in total. The molecule has 14 heavy (non-hydrogen) atoms.